The highest BCUT2D eigenvalue weighted by molar-refractivity contribution is 9.10. The van der Waals surface area contributed by atoms with Crippen LogP contribution in [0.25, 0.3) is 0 Å². The van der Waals surface area contributed by atoms with Crippen LogP contribution in [0.15, 0.2) is 21.4 Å². The molecule has 1 aromatic heterocycles. The Bertz CT molecular complexity index is 516. The smallest absolute Gasteiger partial charge is 0.258 e. The Hall–Kier alpha value is -1.34. The fourth-order valence-electron chi connectivity index (χ4n) is 2.68. The van der Waals surface area contributed by atoms with Crippen LogP contribution in [0.4, 0.5) is 0 Å². The summed E-state index contributed by atoms with van der Waals surface area (Å²) in [5.74, 6) is -0.426. The number of ether oxygens (including phenoxy) is 1. The predicted octanol–water partition coefficient (Wildman–Crippen LogP) is 1.41. The second kappa shape index (κ2) is 5.97. The molecule has 0 bridgehead atoms. The molecule has 1 aromatic rings. The summed E-state index contributed by atoms with van der Waals surface area (Å²) in [5, 5.41) is 2.63. The van der Waals surface area contributed by atoms with Crippen LogP contribution in [0.2, 0.25) is 0 Å². The lowest BCUT2D eigenvalue weighted by molar-refractivity contribution is -0.133. The number of methoxy groups -OCH3 is 1. The summed E-state index contributed by atoms with van der Waals surface area (Å²) < 4.78 is 10.8. The van der Waals surface area contributed by atoms with Crippen molar-refractivity contribution in [1.82, 2.24) is 10.2 Å². The van der Waals surface area contributed by atoms with Crippen molar-refractivity contribution in [3.8, 4) is 0 Å². The van der Waals surface area contributed by atoms with E-state index >= 15 is 0 Å². The largest absolute Gasteiger partial charge is 0.457 e. The number of carbonyl (C=O) groups is 2. The molecule has 2 amide bonds. The molecule has 1 saturated heterocycles. The van der Waals surface area contributed by atoms with Gasteiger partial charge in [-0.25, -0.2) is 0 Å². The van der Waals surface area contributed by atoms with E-state index in [1.165, 1.54) is 13.4 Å². The van der Waals surface area contributed by atoms with Gasteiger partial charge in [0, 0.05) is 26.8 Å². The van der Waals surface area contributed by atoms with E-state index in [0.29, 0.717) is 23.2 Å². The molecule has 0 aliphatic carbocycles. The van der Waals surface area contributed by atoms with Gasteiger partial charge in [-0.3, -0.25) is 9.59 Å². The van der Waals surface area contributed by atoms with Gasteiger partial charge in [0.05, 0.1) is 12.2 Å². The van der Waals surface area contributed by atoms with E-state index < -0.39 is 5.54 Å². The molecule has 1 aliphatic rings. The zero-order valence-electron chi connectivity index (χ0n) is 11.4. The topological polar surface area (TPSA) is 71.8 Å². The Morgan fingerprint density at radius 3 is 2.90 bits per heavy atom. The molecule has 1 unspecified atom stereocenters. The Kier molecular flexibility index (Phi) is 4.49. The number of halogens is 1. The summed E-state index contributed by atoms with van der Waals surface area (Å²) in [4.78, 5) is 26.4. The second-order valence-corrected chi connectivity index (χ2v) is 5.53. The molecule has 1 N–H and O–H groups in total. The van der Waals surface area contributed by atoms with Gasteiger partial charge in [0.2, 0.25) is 5.91 Å². The summed E-state index contributed by atoms with van der Waals surface area (Å²) >= 11 is 3.17. The summed E-state index contributed by atoms with van der Waals surface area (Å²) in [7, 11) is 3.09. The number of hydrogen-bond acceptors (Lipinski definition) is 4. The van der Waals surface area contributed by atoms with Crippen LogP contribution < -0.4 is 5.32 Å². The first kappa shape index (κ1) is 15.1. The van der Waals surface area contributed by atoms with Gasteiger partial charge < -0.3 is 19.4 Å². The number of nitrogens with zero attached hydrogens (tertiary/aromatic N) is 1. The highest BCUT2D eigenvalue weighted by Crippen LogP contribution is 2.32. The van der Waals surface area contributed by atoms with E-state index in [9.17, 15) is 9.59 Å². The number of likely N-dealkylation sites (N-methyl/N-ethyl adjacent to an activating group) is 1. The SMILES string of the molecule is CNC(=O)C1(COC)CCCN1C(=O)c1coc(Br)c1. The first-order chi connectivity index (χ1) is 9.55. The molecular formula is C13H17BrN2O4. The standard InChI is InChI=1S/C13H17BrN2O4/c1-15-12(18)13(8-19-2)4-3-5-16(13)11(17)9-6-10(14)20-7-9/h6-7H,3-5,8H2,1-2H3,(H,15,18). The summed E-state index contributed by atoms with van der Waals surface area (Å²) in [5.41, 5.74) is -0.521. The van der Waals surface area contributed by atoms with Crippen molar-refractivity contribution in [2.24, 2.45) is 0 Å². The fourth-order valence-corrected chi connectivity index (χ4v) is 3.02. The third-order valence-corrected chi connectivity index (χ3v) is 4.00. The Morgan fingerprint density at radius 1 is 1.60 bits per heavy atom. The van der Waals surface area contributed by atoms with Gasteiger partial charge >= 0.3 is 0 Å². The number of carbonyl (C=O) groups excluding carboxylic acids is 2. The van der Waals surface area contributed by atoms with Crippen molar-refractivity contribution in [3.05, 3.63) is 22.6 Å². The number of likely N-dealkylation sites (tertiary alicyclic amines) is 1. The average Bonchev–Trinajstić information content (AvgIpc) is 3.05. The van der Waals surface area contributed by atoms with Crippen LogP contribution in [0.3, 0.4) is 0 Å². The van der Waals surface area contributed by atoms with Gasteiger partial charge in [0.15, 0.2) is 4.67 Å². The van der Waals surface area contributed by atoms with Gasteiger partial charge in [-0.1, -0.05) is 0 Å². The second-order valence-electron chi connectivity index (χ2n) is 4.74. The molecule has 20 heavy (non-hydrogen) atoms. The number of hydrogen-bond donors (Lipinski definition) is 1. The minimum Gasteiger partial charge on any atom is -0.457 e. The number of amides is 2. The third-order valence-electron chi connectivity index (χ3n) is 3.58. The van der Waals surface area contributed by atoms with E-state index in [1.54, 1.807) is 18.0 Å². The van der Waals surface area contributed by atoms with Crippen LogP contribution in [-0.2, 0) is 9.53 Å². The lowest BCUT2D eigenvalue weighted by atomic mass is 9.95. The molecule has 0 spiro atoms. The number of nitrogens with one attached hydrogen (secondary N) is 1. The molecule has 2 heterocycles. The molecule has 1 aliphatic heterocycles. The zero-order valence-corrected chi connectivity index (χ0v) is 13.0. The molecule has 1 atom stereocenters. The van der Waals surface area contributed by atoms with Gasteiger partial charge in [0.25, 0.3) is 5.91 Å². The number of furan rings is 1. The summed E-state index contributed by atoms with van der Waals surface area (Å²) in [6.45, 7) is 0.704. The monoisotopic (exact) mass is 344 g/mol. The average molecular weight is 345 g/mol. The van der Waals surface area contributed by atoms with Gasteiger partial charge in [-0.2, -0.15) is 0 Å². The van der Waals surface area contributed by atoms with E-state index in [1.807, 2.05) is 0 Å². The lowest BCUT2D eigenvalue weighted by Crippen LogP contribution is -2.59. The van der Waals surface area contributed by atoms with Crippen LogP contribution in [0, 0.1) is 0 Å². The highest BCUT2D eigenvalue weighted by atomic mass is 79.9. The number of rotatable bonds is 4. The molecule has 2 rings (SSSR count). The van der Waals surface area contributed by atoms with E-state index in [4.69, 9.17) is 9.15 Å². The van der Waals surface area contributed by atoms with Crippen LogP contribution >= 0.6 is 15.9 Å². The van der Waals surface area contributed by atoms with Crippen molar-refractivity contribution in [2.45, 2.75) is 18.4 Å². The summed E-state index contributed by atoms with van der Waals surface area (Å²) in [6, 6.07) is 1.60. The van der Waals surface area contributed by atoms with Crippen molar-refractivity contribution < 1.29 is 18.7 Å². The van der Waals surface area contributed by atoms with E-state index in [2.05, 4.69) is 21.2 Å². The normalized spacial score (nSPS) is 22.1. The van der Waals surface area contributed by atoms with Gasteiger partial charge in [-0.05, 0) is 28.8 Å². The van der Waals surface area contributed by atoms with Crippen LogP contribution in [-0.4, -0.2) is 49.6 Å². The minimum atomic E-state index is -0.940. The molecule has 0 radical (unpaired) electrons. The van der Waals surface area contributed by atoms with Crippen LogP contribution in [0.5, 0.6) is 0 Å². The highest BCUT2D eigenvalue weighted by Gasteiger charge is 2.49. The third kappa shape index (κ3) is 2.47. The van der Waals surface area contributed by atoms with Crippen molar-refractivity contribution in [3.63, 3.8) is 0 Å². The maximum atomic E-state index is 12.6. The Labute approximate surface area is 125 Å². The molecule has 6 nitrogen and oxygen atoms in total. The molecule has 7 heteroatoms. The molecule has 0 saturated carbocycles. The summed E-state index contributed by atoms with van der Waals surface area (Å²) in [6.07, 6.45) is 2.74. The van der Waals surface area contributed by atoms with Crippen molar-refractivity contribution in [1.29, 1.82) is 0 Å². The quantitative estimate of drug-likeness (QED) is 0.896. The lowest BCUT2D eigenvalue weighted by Gasteiger charge is -2.36. The molecule has 0 aromatic carbocycles. The molecular weight excluding hydrogens is 328 g/mol. The predicted molar refractivity (Wildman–Crippen MR) is 75.4 cm³/mol. The fraction of sp³-hybridized carbons (Fsp3) is 0.538. The van der Waals surface area contributed by atoms with Crippen molar-refractivity contribution in [2.75, 3.05) is 27.3 Å². The van der Waals surface area contributed by atoms with Crippen molar-refractivity contribution >= 4 is 27.7 Å². The van der Waals surface area contributed by atoms with Gasteiger partial charge in [-0.15, -0.1) is 0 Å². The minimum absolute atomic E-state index is 0.178. The molecule has 110 valence electrons. The van der Waals surface area contributed by atoms with Gasteiger partial charge in [0.1, 0.15) is 11.8 Å². The Balaban J connectivity index is 2.32. The maximum absolute atomic E-state index is 12.6. The molecule has 1 fully saturated rings. The Morgan fingerprint density at radius 2 is 2.35 bits per heavy atom. The van der Waals surface area contributed by atoms with E-state index in [-0.39, 0.29) is 18.4 Å². The van der Waals surface area contributed by atoms with Crippen LogP contribution in [0.1, 0.15) is 23.2 Å². The zero-order chi connectivity index (χ0) is 14.8. The maximum Gasteiger partial charge on any atom is 0.258 e. The first-order valence-corrected chi connectivity index (χ1v) is 7.11. The van der Waals surface area contributed by atoms with E-state index in [0.717, 1.165) is 6.42 Å². The first-order valence-electron chi connectivity index (χ1n) is 6.32.